The molecule has 18 heavy (non-hydrogen) atoms. The third-order valence-electron chi connectivity index (χ3n) is 3.75. The molecule has 106 valence electrons. The number of carbonyl (C=O) groups is 1. The molecule has 1 aliphatic heterocycles. The summed E-state index contributed by atoms with van der Waals surface area (Å²) < 4.78 is 5.41. The standard InChI is InChI=1S/C14H28N2O2/c1-3-4-5-10-18-11-14(17)16-8-6-13(7-9-16)12(2)15/h12-13H,3-11,15H2,1-2H3. The van der Waals surface area contributed by atoms with E-state index >= 15 is 0 Å². The smallest absolute Gasteiger partial charge is 0.248 e. The molecule has 4 nitrogen and oxygen atoms in total. The third-order valence-corrected chi connectivity index (χ3v) is 3.75. The molecule has 0 saturated carbocycles. The lowest BCUT2D eigenvalue weighted by atomic mass is 9.91. The molecule has 1 unspecified atom stereocenters. The molecule has 1 saturated heterocycles. The zero-order valence-corrected chi connectivity index (χ0v) is 11.9. The van der Waals surface area contributed by atoms with Gasteiger partial charge in [-0.25, -0.2) is 0 Å². The molecule has 1 fully saturated rings. The van der Waals surface area contributed by atoms with E-state index in [2.05, 4.69) is 13.8 Å². The van der Waals surface area contributed by atoms with Gasteiger partial charge in [-0.2, -0.15) is 0 Å². The summed E-state index contributed by atoms with van der Waals surface area (Å²) in [7, 11) is 0. The van der Waals surface area contributed by atoms with Gasteiger partial charge in [0.2, 0.25) is 5.91 Å². The van der Waals surface area contributed by atoms with Crippen LogP contribution >= 0.6 is 0 Å². The number of ether oxygens (including phenoxy) is 1. The van der Waals surface area contributed by atoms with Crippen molar-refractivity contribution in [3.8, 4) is 0 Å². The highest BCUT2D eigenvalue weighted by atomic mass is 16.5. The second kappa shape index (κ2) is 8.48. The van der Waals surface area contributed by atoms with Crippen molar-refractivity contribution in [3.63, 3.8) is 0 Å². The van der Waals surface area contributed by atoms with Crippen LogP contribution in [0.4, 0.5) is 0 Å². The topological polar surface area (TPSA) is 55.6 Å². The summed E-state index contributed by atoms with van der Waals surface area (Å²) in [5.74, 6) is 0.703. The van der Waals surface area contributed by atoms with Crippen molar-refractivity contribution < 1.29 is 9.53 Å². The summed E-state index contributed by atoms with van der Waals surface area (Å²) in [5, 5.41) is 0. The van der Waals surface area contributed by atoms with Gasteiger partial charge in [0.15, 0.2) is 0 Å². The Morgan fingerprint density at radius 1 is 1.39 bits per heavy atom. The second-order valence-electron chi connectivity index (χ2n) is 5.34. The molecular formula is C14H28N2O2. The van der Waals surface area contributed by atoms with E-state index in [0.29, 0.717) is 12.5 Å². The van der Waals surface area contributed by atoms with Crippen molar-refractivity contribution in [3.05, 3.63) is 0 Å². The number of likely N-dealkylation sites (tertiary alicyclic amines) is 1. The van der Waals surface area contributed by atoms with E-state index in [4.69, 9.17) is 10.5 Å². The maximum Gasteiger partial charge on any atom is 0.248 e. The lowest BCUT2D eigenvalue weighted by Crippen LogP contribution is -2.43. The predicted molar refractivity (Wildman–Crippen MR) is 73.3 cm³/mol. The minimum absolute atomic E-state index is 0.134. The third kappa shape index (κ3) is 5.36. The molecule has 1 heterocycles. The van der Waals surface area contributed by atoms with Gasteiger partial charge in [-0.05, 0) is 32.1 Å². The normalized spacial score (nSPS) is 18.9. The average Bonchev–Trinajstić information content (AvgIpc) is 2.38. The summed E-state index contributed by atoms with van der Waals surface area (Å²) in [6, 6.07) is 0.243. The number of unbranched alkanes of at least 4 members (excludes halogenated alkanes) is 2. The van der Waals surface area contributed by atoms with E-state index in [-0.39, 0.29) is 18.6 Å². The highest BCUT2D eigenvalue weighted by molar-refractivity contribution is 5.77. The number of carbonyl (C=O) groups excluding carboxylic acids is 1. The number of nitrogens with zero attached hydrogens (tertiary/aromatic N) is 1. The predicted octanol–water partition coefficient (Wildman–Crippen LogP) is 1.78. The Labute approximate surface area is 111 Å². The number of hydrogen-bond donors (Lipinski definition) is 1. The zero-order valence-electron chi connectivity index (χ0n) is 11.9. The molecule has 0 aromatic heterocycles. The van der Waals surface area contributed by atoms with Crippen LogP contribution < -0.4 is 5.73 Å². The van der Waals surface area contributed by atoms with Gasteiger partial charge in [0, 0.05) is 25.7 Å². The molecule has 0 aromatic carbocycles. The molecule has 0 aliphatic carbocycles. The van der Waals surface area contributed by atoms with Crippen molar-refractivity contribution in [2.45, 2.75) is 52.0 Å². The highest BCUT2D eigenvalue weighted by Gasteiger charge is 2.24. The van der Waals surface area contributed by atoms with Crippen LogP contribution in [0, 0.1) is 5.92 Å². The van der Waals surface area contributed by atoms with E-state index < -0.39 is 0 Å². The van der Waals surface area contributed by atoms with Crippen LogP contribution in [-0.2, 0) is 9.53 Å². The Morgan fingerprint density at radius 2 is 2.06 bits per heavy atom. The quantitative estimate of drug-likeness (QED) is 0.706. The molecular weight excluding hydrogens is 228 g/mol. The maximum atomic E-state index is 11.9. The van der Waals surface area contributed by atoms with E-state index in [1.165, 1.54) is 12.8 Å². The van der Waals surface area contributed by atoms with Crippen LogP contribution in [0.3, 0.4) is 0 Å². The highest BCUT2D eigenvalue weighted by Crippen LogP contribution is 2.19. The second-order valence-corrected chi connectivity index (χ2v) is 5.34. The van der Waals surface area contributed by atoms with Crippen LogP contribution in [0.2, 0.25) is 0 Å². The number of hydrogen-bond acceptors (Lipinski definition) is 3. The average molecular weight is 256 g/mol. The summed E-state index contributed by atoms with van der Waals surface area (Å²) >= 11 is 0. The van der Waals surface area contributed by atoms with Crippen LogP contribution in [0.1, 0.15) is 46.0 Å². The first-order chi connectivity index (χ1) is 8.65. The number of piperidine rings is 1. The van der Waals surface area contributed by atoms with Crippen molar-refractivity contribution in [2.24, 2.45) is 11.7 Å². The molecule has 0 radical (unpaired) electrons. The van der Waals surface area contributed by atoms with Gasteiger partial charge in [0.25, 0.3) is 0 Å². The lowest BCUT2D eigenvalue weighted by Gasteiger charge is -2.33. The molecule has 1 rings (SSSR count). The fourth-order valence-electron chi connectivity index (χ4n) is 2.38. The Morgan fingerprint density at radius 3 is 2.61 bits per heavy atom. The van der Waals surface area contributed by atoms with E-state index in [1.807, 2.05) is 4.90 Å². The van der Waals surface area contributed by atoms with E-state index in [9.17, 15) is 4.79 Å². The first-order valence-electron chi connectivity index (χ1n) is 7.26. The number of amides is 1. The molecule has 0 bridgehead atoms. The van der Waals surface area contributed by atoms with E-state index in [0.717, 1.165) is 32.4 Å². The van der Waals surface area contributed by atoms with Gasteiger partial charge in [-0.15, -0.1) is 0 Å². The Balaban J connectivity index is 2.12. The summed E-state index contributed by atoms with van der Waals surface area (Å²) in [5.41, 5.74) is 5.89. The number of rotatable bonds is 7. The Bertz CT molecular complexity index is 236. The molecule has 0 aromatic rings. The van der Waals surface area contributed by atoms with Crippen LogP contribution in [0.25, 0.3) is 0 Å². The first kappa shape index (κ1) is 15.4. The fraction of sp³-hybridized carbons (Fsp3) is 0.929. The minimum atomic E-state index is 0.134. The van der Waals surface area contributed by atoms with Gasteiger partial charge in [0.1, 0.15) is 6.61 Å². The summed E-state index contributed by atoms with van der Waals surface area (Å²) in [4.78, 5) is 13.8. The summed E-state index contributed by atoms with van der Waals surface area (Å²) in [6.07, 6.45) is 5.46. The Hall–Kier alpha value is -0.610. The summed E-state index contributed by atoms with van der Waals surface area (Å²) in [6.45, 7) is 6.84. The molecule has 1 aliphatic rings. The van der Waals surface area contributed by atoms with Gasteiger partial charge in [0.05, 0.1) is 0 Å². The van der Waals surface area contributed by atoms with E-state index in [1.54, 1.807) is 0 Å². The fourth-order valence-corrected chi connectivity index (χ4v) is 2.38. The largest absolute Gasteiger partial charge is 0.372 e. The van der Waals surface area contributed by atoms with Crippen molar-refractivity contribution >= 4 is 5.91 Å². The SMILES string of the molecule is CCCCCOCC(=O)N1CCC(C(C)N)CC1. The molecule has 0 spiro atoms. The van der Waals surface area contributed by atoms with Gasteiger partial charge >= 0.3 is 0 Å². The number of nitrogens with two attached hydrogens (primary N) is 1. The molecule has 1 amide bonds. The van der Waals surface area contributed by atoms with Gasteiger partial charge < -0.3 is 15.4 Å². The van der Waals surface area contributed by atoms with Crippen molar-refractivity contribution in [2.75, 3.05) is 26.3 Å². The van der Waals surface area contributed by atoms with Crippen molar-refractivity contribution in [1.82, 2.24) is 4.90 Å². The molecule has 4 heteroatoms. The molecule has 2 N–H and O–H groups in total. The first-order valence-corrected chi connectivity index (χ1v) is 7.26. The monoisotopic (exact) mass is 256 g/mol. The zero-order chi connectivity index (χ0) is 13.4. The maximum absolute atomic E-state index is 11.9. The van der Waals surface area contributed by atoms with Crippen LogP contribution in [0.15, 0.2) is 0 Å². The minimum Gasteiger partial charge on any atom is -0.372 e. The lowest BCUT2D eigenvalue weighted by molar-refractivity contribution is -0.137. The van der Waals surface area contributed by atoms with Crippen LogP contribution in [0.5, 0.6) is 0 Å². The van der Waals surface area contributed by atoms with Gasteiger partial charge in [-0.3, -0.25) is 4.79 Å². The van der Waals surface area contributed by atoms with Gasteiger partial charge in [-0.1, -0.05) is 19.8 Å². The van der Waals surface area contributed by atoms with Crippen LogP contribution in [-0.4, -0.2) is 43.2 Å². The Kier molecular flexibility index (Phi) is 7.28. The van der Waals surface area contributed by atoms with Crippen molar-refractivity contribution in [1.29, 1.82) is 0 Å². The molecule has 1 atom stereocenters.